The van der Waals surface area contributed by atoms with E-state index in [2.05, 4.69) is 5.32 Å². The Morgan fingerprint density at radius 2 is 1.94 bits per heavy atom. The Morgan fingerprint density at radius 3 is 2.25 bits per heavy atom. The fourth-order valence-corrected chi connectivity index (χ4v) is 1.89. The molecule has 92 valence electrons. The number of rotatable bonds is 4. The highest BCUT2D eigenvalue weighted by Gasteiger charge is 2.35. The Labute approximate surface area is 96.1 Å². The summed E-state index contributed by atoms with van der Waals surface area (Å²) in [6, 6.07) is -0.488. The normalized spacial score (nSPS) is 17.8. The fraction of sp³-hybridized carbons (Fsp3) is 0.818. The zero-order valence-corrected chi connectivity index (χ0v) is 10.3. The summed E-state index contributed by atoms with van der Waals surface area (Å²) >= 11 is 0. The van der Waals surface area contributed by atoms with E-state index in [1.165, 1.54) is 12.0 Å². The highest BCUT2D eigenvalue weighted by Crippen LogP contribution is 2.15. The lowest BCUT2D eigenvalue weighted by Gasteiger charge is -2.35. The van der Waals surface area contributed by atoms with Gasteiger partial charge in [-0.2, -0.15) is 0 Å². The van der Waals surface area contributed by atoms with E-state index in [0.29, 0.717) is 13.1 Å². The number of likely N-dealkylation sites (N-methyl/N-ethyl adjacent to an activating group) is 1. The summed E-state index contributed by atoms with van der Waals surface area (Å²) in [7, 11) is 3.02. The number of amides is 1. The molecule has 0 aromatic heterocycles. The van der Waals surface area contributed by atoms with Crippen LogP contribution in [0.15, 0.2) is 0 Å². The van der Waals surface area contributed by atoms with Crippen LogP contribution in [0.2, 0.25) is 0 Å². The molecule has 1 heterocycles. The van der Waals surface area contributed by atoms with Crippen LogP contribution in [0.1, 0.15) is 13.8 Å². The van der Waals surface area contributed by atoms with Crippen molar-refractivity contribution in [1.82, 2.24) is 10.2 Å². The highest BCUT2D eigenvalue weighted by molar-refractivity contribution is 5.86. The Kier molecular flexibility index (Phi) is 4.29. The first-order valence-electron chi connectivity index (χ1n) is 5.54. The maximum Gasteiger partial charge on any atom is 0.328 e. The SMILES string of the molecule is COC(=O)C(C(C)C)N(C)C(=O)C1CNC1. The molecule has 0 spiro atoms. The first kappa shape index (κ1) is 13.0. The van der Waals surface area contributed by atoms with Crippen LogP contribution in [0, 0.1) is 11.8 Å². The molecule has 1 saturated heterocycles. The molecular formula is C11H20N2O3. The number of hydrogen-bond acceptors (Lipinski definition) is 4. The molecule has 0 saturated carbocycles. The maximum absolute atomic E-state index is 12.0. The maximum atomic E-state index is 12.0. The van der Waals surface area contributed by atoms with Crippen molar-refractivity contribution in [2.75, 3.05) is 27.2 Å². The summed E-state index contributed by atoms with van der Waals surface area (Å²) in [5, 5.41) is 3.04. The standard InChI is InChI=1S/C11H20N2O3/c1-7(2)9(11(15)16-4)13(3)10(14)8-5-12-6-8/h7-9,12H,5-6H2,1-4H3. The van der Waals surface area contributed by atoms with Crippen molar-refractivity contribution in [2.24, 2.45) is 11.8 Å². The molecule has 0 aromatic carbocycles. The van der Waals surface area contributed by atoms with E-state index in [1.807, 2.05) is 13.8 Å². The monoisotopic (exact) mass is 228 g/mol. The second-order valence-corrected chi connectivity index (χ2v) is 4.52. The molecule has 1 amide bonds. The van der Waals surface area contributed by atoms with Crippen LogP contribution in [0.5, 0.6) is 0 Å². The van der Waals surface area contributed by atoms with Crippen LogP contribution < -0.4 is 5.32 Å². The molecule has 1 N–H and O–H groups in total. The molecule has 1 fully saturated rings. The summed E-state index contributed by atoms with van der Waals surface area (Å²) in [6.07, 6.45) is 0. The number of ether oxygens (including phenoxy) is 1. The Hall–Kier alpha value is -1.10. The Bertz CT molecular complexity index is 274. The van der Waals surface area contributed by atoms with E-state index in [0.717, 1.165) is 0 Å². The molecule has 1 aliphatic rings. The van der Waals surface area contributed by atoms with Crippen LogP contribution in [-0.2, 0) is 14.3 Å². The fourth-order valence-electron chi connectivity index (χ4n) is 1.89. The largest absolute Gasteiger partial charge is 0.467 e. The van der Waals surface area contributed by atoms with Gasteiger partial charge in [0.2, 0.25) is 5.91 Å². The average Bonchev–Trinajstić information content (AvgIpc) is 2.14. The van der Waals surface area contributed by atoms with Crippen LogP contribution in [0.4, 0.5) is 0 Å². The van der Waals surface area contributed by atoms with Gasteiger partial charge in [-0.3, -0.25) is 4.79 Å². The molecule has 0 aromatic rings. The lowest BCUT2D eigenvalue weighted by atomic mass is 9.97. The number of methoxy groups -OCH3 is 1. The zero-order chi connectivity index (χ0) is 12.3. The van der Waals surface area contributed by atoms with Crippen LogP contribution in [0.25, 0.3) is 0 Å². The smallest absolute Gasteiger partial charge is 0.328 e. The summed E-state index contributed by atoms with van der Waals surface area (Å²) in [4.78, 5) is 25.1. The molecule has 1 unspecified atom stereocenters. The van der Waals surface area contributed by atoms with Gasteiger partial charge in [0.25, 0.3) is 0 Å². The third kappa shape index (κ3) is 2.52. The second kappa shape index (κ2) is 5.30. The van der Waals surface area contributed by atoms with Crippen LogP contribution in [-0.4, -0.2) is 50.1 Å². The lowest BCUT2D eigenvalue weighted by molar-refractivity contribution is -0.155. The highest BCUT2D eigenvalue weighted by atomic mass is 16.5. The average molecular weight is 228 g/mol. The van der Waals surface area contributed by atoms with E-state index >= 15 is 0 Å². The van der Waals surface area contributed by atoms with Crippen LogP contribution >= 0.6 is 0 Å². The Morgan fingerprint density at radius 1 is 1.38 bits per heavy atom. The zero-order valence-electron chi connectivity index (χ0n) is 10.3. The van der Waals surface area contributed by atoms with E-state index in [9.17, 15) is 9.59 Å². The van der Waals surface area contributed by atoms with E-state index in [4.69, 9.17) is 4.74 Å². The van der Waals surface area contributed by atoms with E-state index in [1.54, 1.807) is 7.05 Å². The molecular weight excluding hydrogens is 208 g/mol. The van der Waals surface area contributed by atoms with Crippen molar-refractivity contribution < 1.29 is 14.3 Å². The first-order chi connectivity index (χ1) is 7.49. The van der Waals surface area contributed by atoms with E-state index < -0.39 is 6.04 Å². The van der Waals surface area contributed by atoms with Crippen molar-refractivity contribution in [3.05, 3.63) is 0 Å². The molecule has 1 rings (SSSR count). The minimum Gasteiger partial charge on any atom is -0.467 e. The van der Waals surface area contributed by atoms with Gasteiger partial charge in [0.15, 0.2) is 0 Å². The topological polar surface area (TPSA) is 58.6 Å². The predicted molar refractivity (Wildman–Crippen MR) is 59.8 cm³/mol. The van der Waals surface area contributed by atoms with Crippen molar-refractivity contribution >= 4 is 11.9 Å². The number of nitrogens with zero attached hydrogens (tertiary/aromatic N) is 1. The number of hydrogen-bond donors (Lipinski definition) is 1. The van der Waals surface area contributed by atoms with Gasteiger partial charge in [0.1, 0.15) is 6.04 Å². The molecule has 0 bridgehead atoms. The van der Waals surface area contributed by atoms with Gasteiger partial charge < -0.3 is 15.0 Å². The van der Waals surface area contributed by atoms with Crippen molar-refractivity contribution in [3.8, 4) is 0 Å². The van der Waals surface area contributed by atoms with Crippen molar-refractivity contribution in [1.29, 1.82) is 0 Å². The molecule has 5 nitrogen and oxygen atoms in total. The first-order valence-corrected chi connectivity index (χ1v) is 5.54. The summed E-state index contributed by atoms with van der Waals surface area (Å²) < 4.78 is 4.73. The van der Waals surface area contributed by atoms with Crippen LogP contribution in [0.3, 0.4) is 0 Å². The minimum absolute atomic E-state index is 0.0101. The third-order valence-corrected chi connectivity index (χ3v) is 2.97. The quantitative estimate of drug-likeness (QED) is 0.681. The summed E-state index contributed by atoms with van der Waals surface area (Å²) in [6.45, 7) is 5.22. The predicted octanol–water partition coefficient (Wildman–Crippen LogP) is -0.138. The number of esters is 1. The molecule has 5 heteroatoms. The second-order valence-electron chi connectivity index (χ2n) is 4.52. The molecule has 16 heavy (non-hydrogen) atoms. The third-order valence-electron chi connectivity index (χ3n) is 2.97. The number of carbonyl (C=O) groups excluding carboxylic acids is 2. The van der Waals surface area contributed by atoms with E-state index in [-0.39, 0.29) is 23.7 Å². The van der Waals surface area contributed by atoms with Gasteiger partial charge in [-0.05, 0) is 5.92 Å². The summed E-state index contributed by atoms with van der Waals surface area (Å²) in [5.74, 6) is -0.272. The van der Waals surface area contributed by atoms with Gasteiger partial charge in [-0.1, -0.05) is 13.8 Å². The number of carbonyl (C=O) groups is 2. The van der Waals surface area contributed by atoms with Crippen molar-refractivity contribution in [3.63, 3.8) is 0 Å². The molecule has 1 atom stereocenters. The molecule has 0 aliphatic carbocycles. The van der Waals surface area contributed by atoms with Gasteiger partial charge >= 0.3 is 5.97 Å². The Balaban J connectivity index is 2.69. The van der Waals surface area contributed by atoms with Crippen molar-refractivity contribution in [2.45, 2.75) is 19.9 Å². The van der Waals surface area contributed by atoms with Gasteiger partial charge in [0, 0.05) is 20.1 Å². The van der Waals surface area contributed by atoms with Gasteiger partial charge in [-0.25, -0.2) is 4.79 Å². The van der Waals surface area contributed by atoms with Gasteiger partial charge in [-0.15, -0.1) is 0 Å². The molecule has 0 radical (unpaired) electrons. The summed E-state index contributed by atoms with van der Waals surface area (Å²) in [5.41, 5.74) is 0. The lowest BCUT2D eigenvalue weighted by Crippen LogP contribution is -2.55. The van der Waals surface area contributed by atoms with Gasteiger partial charge in [0.05, 0.1) is 13.0 Å². The number of nitrogens with one attached hydrogen (secondary N) is 1. The minimum atomic E-state index is -0.488. The molecule has 1 aliphatic heterocycles.